The van der Waals surface area contributed by atoms with Gasteiger partial charge in [0.1, 0.15) is 23.4 Å². The monoisotopic (exact) mass is 432 g/mol. The average Bonchev–Trinajstić information content (AvgIpc) is 3.15. The van der Waals surface area contributed by atoms with Crippen molar-refractivity contribution >= 4 is 11.5 Å². The van der Waals surface area contributed by atoms with Crippen LogP contribution in [0.2, 0.25) is 0 Å². The second kappa shape index (κ2) is 8.93. The van der Waals surface area contributed by atoms with Gasteiger partial charge in [-0.25, -0.2) is 4.79 Å². The number of methoxy groups -OCH3 is 1. The van der Waals surface area contributed by atoms with Crippen molar-refractivity contribution in [3.63, 3.8) is 0 Å². The summed E-state index contributed by atoms with van der Waals surface area (Å²) in [5, 5.41) is 20.7. The fraction of sp³-hybridized carbons (Fsp3) is 0.542. The molecule has 0 saturated carbocycles. The van der Waals surface area contributed by atoms with Gasteiger partial charge in [-0.3, -0.25) is 0 Å². The van der Waals surface area contributed by atoms with Crippen LogP contribution in [0.15, 0.2) is 17.9 Å². The minimum absolute atomic E-state index is 0.0399. The molecule has 3 rings (SSSR count). The van der Waals surface area contributed by atoms with Crippen molar-refractivity contribution in [3.8, 4) is 17.2 Å². The Morgan fingerprint density at radius 2 is 2.06 bits per heavy atom. The van der Waals surface area contributed by atoms with E-state index in [0.717, 1.165) is 17.6 Å². The van der Waals surface area contributed by atoms with Crippen LogP contribution in [0.3, 0.4) is 0 Å². The molecule has 7 nitrogen and oxygen atoms in total. The summed E-state index contributed by atoms with van der Waals surface area (Å²) in [5.41, 5.74) is 1.52. The Morgan fingerprint density at radius 3 is 2.61 bits per heavy atom. The Labute approximate surface area is 183 Å². The Bertz CT molecular complexity index is 919. The largest absolute Gasteiger partial charge is 0.496 e. The number of fused-ring (bicyclic) bond motifs is 2. The van der Waals surface area contributed by atoms with Gasteiger partial charge in [-0.2, -0.15) is 0 Å². The number of aliphatic hydroxyl groups excluding tert-OH is 1. The molecule has 0 amide bonds. The first-order valence-electron chi connectivity index (χ1n) is 10.6. The van der Waals surface area contributed by atoms with Crippen LogP contribution in [0.4, 0.5) is 0 Å². The molecule has 2 aliphatic heterocycles. The molecule has 0 unspecified atom stereocenters. The van der Waals surface area contributed by atoms with E-state index in [9.17, 15) is 15.0 Å². The van der Waals surface area contributed by atoms with Crippen LogP contribution in [-0.2, 0) is 22.6 Å². The van der Waals surface area contributed by atoms with Gasteiger partial charge in [0.05, 0.1) is 37.1 Å². The maximum atomic E-state index is 12.5. The minimum atomic E-state index is -1.09. The molecular formula is C24H32O7. The van der Waals surface area contributed by atoms with E-state index in [2.05, 4.69) is 13.8 Å². The van der Waals surface area contributed by atoms with Gasteiger partial charge in [0.25, 0.3) is 0 Å². The molecular weight excluding hydrogens is 400 g/mol. The summed E-state index contributed by atoms with van der Waals surface area (Å²) in [6.07, 6.45) is 4.38. The first-order valence-corrected chi connectivity index (χ1v) is 10.6. The lowest BCUT2D eigenvalue weighted by Crippen LogP contribution is -2.39. The number of carbonyl (C=O) groups is 1. The predicted molar refractivity (Wildman–Crippen MR) is 116 cm³/mol. The van der Waals surface area contributed by atoms with Crippen LogP contribution in [0.25, 0.3) is 5.57 Å². The molecule has 2 aliphatic rings. The summed E-state index contributed by atoms with van der Waals surface area (Å²) in [6, 6.07) is 0. The van der Waals surface area contributed by atoms with Crippen LogP contribution >= 0.6 is 0 Å². The molecule has 2 N–H and O–H groups in total. The van der Waals surface area contributed by atoms with Gasteiger partial charge >= 0.3 is 5.97 Å². The molecule has 2 heterocycles. The van der Waals surface area contributed by atoms with E-state index in [-0.39, 0.29) is 19.0 Å². The zero-order valence-corrected chi connectivity index (χ0v) is 19.1. The third-order valence-corrected chi connectivity index (χ3v) is 5.42. The third kappa shape index (κ3) is 4.43. The van der Waals surface area contributed by atoms with E-state index >= 15 is 0 Å². The van der Waals surface area contributed by atoms with Crippen molar-refractivity contribution in [3.05, 3.63) is 34.6 Å². The number of ether oxygens (including phenoxy) is 4. The highest BCUT2D eigenvalue weighted by Crippen LogP contribution is 2.53. The van der Waals surface area contributed by atoms with E-state index in [1.807, 2.05) is 6.08 Å². The van der Waals surface area contributed by atoms with Gasteiger partial charge < -0.3 is 29.2 Å². The molecule has 1 atom stereocenters. The number of aliphatic hydroxyl groups is 2. The Morgan fingerprint density at radius 1 is 1.35 bits per heavy atom. The minimum Gasteiger partial charge on any atom is -0.496 e. The number of carbonyl (C=O) groups excluding carboxylic acids is 1. The Kier molecular flexibility index (Phi) is 6.67. The number of hydrogen-bond acceptors (Lipinski definition) is 7. The van der Waals surface area contributed by atoms with Gasteiger partial charge in [-0.05, 0) is 44.8 Å². The predicted octanol–water partition coefficient (Wildman–Crippen LogP) is 3.53. The van der Waals surface area contributed by atoms with Crippen molar-refractivity contribution in [2.24, 2.45) is 5.92 Å². The summed E-state index contributed by atoms with van der Waals surface area (Å²) < 4.78 is 22.9. The highest BCUT2D eigenvalue weighted by Gasteiger charge is 2.42. The summed E-state index contributed by atoms with van der Waals surface area (Å²) in [5.74, 6) is 1.16. The van der Waals surface area contributed by atoms with E-state index in [1.165, 1.54) is 0 Å². The Balaban J connectivity index is 2.23. The molecule has 170 valence electrons. The van der Waals surface area contributed by atoms with E-state index in [0.29, 0.717) is 40.7 Å². The number of rotatable bonds is 7. The molecule has 7 heteroatoms. The van der Waals surface area contributed by atoms with Crippen molar-refractivity contribution in [1.29, 1.82) is 0 Å². The van der Waals surface area contributed by atoms with Crippen LogP contribution in [-0.4, -0.2) is 41.6 Å². The first kappa shape index (κ1) is 23.2. The topological polar surface area (TPSA) is 94.5 Å². The number of allylic oxidation sites excluding steroid dienone is 3. The standard InChI is InChI=1S/C24H32O7/c1-7-29-23(26)17-10-14(9-8-13(2)3)19-21(28-6)15-11-18(24(4,5)27)31-20(15)16(12-25)22(19)30-17/h9-10,13,18,25,27H,7-8,11-12H2,1-6H3/t18-/m0/s1. The molecule has 0 fully saturated rings. The summed E-state index contributed by atoms with van der Waals surface area (Å²) >= 11 is 0. The molecule has 1 aromatic rings. The SMILES string of the molecule is CCOC(=O)C1=CC(=CCC(C)C)c2c(OC)c3c(c(CO)c2O1)O[C@H](C(C)(C)O)C3. The quantitative estimate of drug-likeness (QED) is 0.637. The zero-order chi connectivity index (χ0) is 22.9. The fourth-order valence-electron chi connectivity index (χ4n) is 3.81. The van der Waals surface area contributed by atoms with E-state index in [1.54, 1.807) is 34.0 Å². The summed E-state index contributed by atoms with van der Waals surface area (Å²) in [6.45, 7) is 9.15. The van der Waals surface area contributed by atoms with Crippen LogP contribution in [0.5, 0.6) is 17.2 Å². The molecule has 0 aliphatic carbocycles. The van der Waals surface area contributed by atoms with Gasteiger partial charge in [0.15, 0.2) is 0 Å². The first-order chi connectivity index (χ1) is 14.6. The van der Waals surface area contributed by atoms with Gasteiger partial charge in [0, 0.05) is 12.0 Å². The van der Waals surface area contributed by atoms with Gasteiger partial charge in [-0.1, -0.05) is 19.9 Å². The second-order valence-corrected chi connectivity index (χ2v) is 8.77. The normalized spacial score (nSPS) is 18.8. The van der Waals surface area contributed by atoms with E-state index in [4.69, 9.17) is 18.9 Å². The van der Waals surface area contributed by atoms with Gasteiger partial charge in [-0.15, -0.1) is 0 Å². The highest BCUT2D eigenvalue weighted by atomic mass is 16.6. The average molecular weight is 433 g/mol. The number of hydrogen-bond donors (Lipinski definition) is 2. The maximum absolute atomic E-state index is 12.5. The summed E-state index contributed by atoms with van der Waals surface area (Å²) in [4.78, 5) is 12.5. The molecule has 0 spiro atoms. The maximum Gasteiger partial charge on any atom is 0.374 e. The molecule has 0 radical (unpaired) electrons. The third-order valence-electron chi connectivity index (χ3n) is 5.42. The molecule has 0 bridgehead atoms. The van der Waals surface area contributed by atoms with Crippen LogP contribution < -0.4 is 14.2 Å². The van der Waals surface area contributed by atoms with Crippen LogP contribution in [0.1, 0.15) is 57.7 Å². The molecule has 0 saturated heterocycles. The Hall–Kier alpha value is -2.51. The van der Waals surface area contributed by atoms with Gasteiger partial charge in [0.2, 0.25) is 5.76 Å². The van der Waals surface area contributed by atoms with Crippen molar-refractivity contribution in [2.75, 3.05) is 13.7 Å². The summed E-state index contributed by atoms with van der Waals surface area (Å²) in [7, 11) is 1.57. The lowest BCUT2D eigenvalue weighted by molar-refractivity contribution is -0.141. The zero-order valence-electron chi connectivity index (χ0n) is 19.1. The highest BCUT2D eigenvalue weighted by molar-refractivity contribution is 5.96. The van der Waals surface area contributed by atoms with Crippen molar-refractivity contribution in [1.82, 2.24) is 0 Å². The van der Waals surface area contributed by atoms with Crippen LogP contribution in [0, 0.1) is 5.92 Å². The lowest BCUT2D eigenvalue weighted by atomic mass is 9.90. The number of benzene rings is 1. The molecule has 1 aromatic carbocycles. The fourth-order valence-corrected chi connectivity index (χ4v) is 3.81. The molecule has 31 heavy (non-hydrogen) atoms. The smallest absolute Gasteiger partial charge is 0.374 e. The lowest BCUT2D eigenvalue weighted by Gasteiger charge is -2.26. The van der Waals surface area contributed by atoms with Crippen molar-refractivity contribution in [2.45, 2.75) is 65.8 Å². The van der Waals surface area contributed by atoms with E-state index < -0.39 is 17.7 Å². The molecule has 0 aromatic heterocycles. The van der Waals surface area contributed by atoms with Crippen molar-refractivity contribution < 1.29 is 34.0 Å². The number of esters is 1. The second-order valence-electron chi connectivity index (χ2n) is 8.77.